The largest absolute Gasteiger partial charge is 0.308 e. The first kappa shape index (κ1) is 15.6. The molecule has 0 saturated heterocycles. The third-order valence-corrected chi connectivity index (χ3v) is 3.31. The maximum atomic E-state index is 13.8. The summed E-state index contributed by atoms with van der Waals surface area (Å²) in [5.74, 6) is -0.129. The topological polar surface area (TPSA) is 6.48 Å². The van der Waals surface area contributed by atoms with E-state index in [9.17, 15) is 4.39 Å². The molecule has 0 spiro atoms. The van der Waals surface area contributed by atoms with Gasteiger partial charge in [-0.25, -0.2) is 4.39 Å². The van der Waals surface area contributed by atoms with E-state index in [0.29, 0.717) is 6.54 Å². The number of benzene rings is 1. The van der Waals surface area contributed by atoms with Crippen molar-refractivity contribution in [1.82, 2.24) is 9.80 Å². The summed E-state index contributed by atoms with van der Waals surface area (Å²) in [5.41, 5.74) is 0.769. The van der Waals surface area contributed by atoms with Gasteiger partial charge in [0.25, 0.3) is 0 Å². The molecule has 18 heavy (non-hydrogen) atoms. The molecule has 0 N–H and O–H groups in total. The van der Waals surface area contributed by atoms with Gasteiger partial charge in [-0.15, -0.1) is 0 Å². The SMILES string of the molecule is CCCN(CCN(C)C)Cc1ccc(Br)cc1F. The van der Waals surface area contributed by atoms with Gasteiger partial charge in [0.2, 0.25) is 0 Å². The Morgan fingerprint density at radius 1 is 1.17 bits per heavy atom. The van der Waals surface area contributed by atoms with Crippen molar-refractivity contribution >= 4 is 15.9 Å². The summed E-state index contributed by atoms with van der Waals surface area (Å²) in [4.78, 5) is 4.45. The van der Waals surface area contributed by atoms with E-state index in [2.05, 4.69) is 46.7 Å². The Labute approximate surface area is 118 Å². The number of hydrogen-bond acceptors (Lipinski definition) is 2. The van der Waals surface area contributed by atoms with Crippen LogP contribution in [0, 0.1) is 5.82 Å². The Bertz CT molecular complexity index is 369. The van der Waals surface area contributed by atoms with Gasteiger partial charge in [0.15, 0.2) is 0 Å². The Balaban J connectivity index is 2.64. The maximum absolute atomic E-state index is 13.8. The minimum atomic E-state index is -0.129. The lowest BCUT2D eigenvalue weighted by Crippen LogP contribution is -2.32. The monoisotopic (exact) mass is 316 g/mol. The Kier molecular flexibility index (Phi) is 6.82. The van der Waals surface area contributed by atoms with Gasteiger partial charge >= 0.3 is 0 Å². The summed E-state index contributed by atoms with van der Waals surface area (Å²) in [6, 6.07) is 5.29. The van der Waals surface area contributed by atoms with Crippen molar-refractivity contribution in [2.24, 2.45) is 0 Å². The first-order valence-corrected chi connectivity index (χ1v) is 7.13. The van der Waals surface area contributed by atoms with Crippen molar-refractivity contribution < 1.29 is 4.39 Å². The second kappa shape index (κ2) is 7.87. The standard InChI is InChI=1S/C14H22BrFN2/c1-4-7-18(9-8-17(2)3)11-12-5-6-13(15)10-14(12)16/h5-6,10H,4,7-9,11H2,1-3H3. The lowest BCUT2D eigenvalue weighted by Gasteiger charge is -2.23. The fourth-order valence-corrected chi connectivity index (χ4v) is 2.15. The molecule has 0 heterocycles. The van der Waals surface area contributed by atoms with Gasteiger partial charge < -0.3 is 4.90 Å². The van der Waals surface area contributed by atoms with E-state index in [4.69, 9.17) is 0 Å². The average molecular weight is 317 g/mol. The molecule has 0 saturated carbocycles. The van der Waals surface area contributed by atoms with Crippen LogP contribution in [0.15, 0.2) is 22.7 Å². The lowest BCUT2D eigenvalue weighted by molar-refractivity contribution is 0.231. The van der Waals surface area contributed by atoms with Crippen molar-refractivity contribution in [3.8, 4) is 0 Å². The first-order chi connectivity index (χ1) is 8.52. The van der Waals surface area contributed by atoms with Crippen LogP contribution < -0.4 is 0 Å². The Morgan fingerprint density at radius 3 is 2.44 bits per heavy atom. The third kappa shape index (κ3) is 5.46. The molecule has 2 nitrogen and oxygen atoms in total. The molecular formula is C14H22BrFN2. The van der Waals surface area contributed by atoms with E-state index in [1.807, 2.05) is 12.1 Å². The Hall–Kier alpha value is -0.450. The molecule has 0 aliphatic rings. The van der Waals surface area contributed by atoms with Crippen molar-refractivity contribution in [3.63, 3.8) is 0 Å². The number of nitrogens with zero attached hydrogens (tertiary/aromatic N) is 2. The minimum absolute atomic E-state index is 0.129. The molecule has 0 atom stereocenters. The van der Waals surface area contributed by atoms with Crippen LogP contribution in [0.2, 0.25) is 0 Å². The summed E-state index contributed by atoms with van der Waals surface area (Å²) in [6.45, 7) is 5.80. The summed E-state index contributed by atoms with van der Waals surface area (Å²) in [5, 5.41) is 0. The van der Waals surface area contributed by atoms with E-state index in [1.54, 1.807) is 0 Å². The molecule has 0 aliphatic heterocycles. The van der Waals surface area contributed by atoms with Gasteiger partial charge in [0.1, 0.15) is 5.82 Å². The zero-order chi connectivity index (χ0) is 13.5. The van der Waals surface area contributed by atoms with Gasteiger partial charge in [-0.1, -0.05) is 28.9 Å². The number of hydrogen-bond donors (Lipinski definition) is 0. The summed E-state index contributed by atoms with van der Waals surface area (Å²) < 4.78 is 14.6. The molecule has 0 aromatic heterocycles. The second-order valence-corrected chi connectivity index (χ2v) is 5.73. The van der Waals surface area contributed by atoms with Gasteiger partial charge in [0, 0.05) is 29.7 Å². The van der Waals surface area contributed by atoms with Crippen LogP contribution in [0.3, 0.4) is 0 Å². The molecule has 0 radical (unpaired) electrons. The fourth-order valence-electron chi connectivity index (χ4n) is 1.82. The minimum Gasteiger partial charge on any atom is -0.308 e. The van der Waals surface area contributed by atoms with Crippen molar-refractivity contribution in [2.75, 3.05) is 33.7 Å². The van der Waals surface area contributed by atoms with Crippen molar-refractivity contribution in [3.05, 3.63) is 34.1 Å². The highest BCUT2D eigenvalue weighted by molar-refractivity contribution is 9.10. The van der Waals surface area contributed by atoms with Crippen molar-refractivity contribution in [1.29, 1.82) is 0 Å². The quantitative estimate of drug-likeness (QED) is 0.761. The van der Waals surface area contributed by atoms with E-state index in [-0.39, 0.29) is 5.82 Å². The molecule has 0 fully saturated rings. The highest BCUT2D eigenvalue weighted by Crippen LogP contribution is 2.16. The van der Waals surface area contributed by atoms with E-state index >= 15 is 0 Å². The van der Waals surface area contributed by atoms with Crippen molar-refractivity contribution in [2.45, 2.75) is 19.9 Å². The maximum Gasteiger partial charge on any atom is 0.128 e. The zero-order valence-corrected chi connectivity index (χ0v) is 13.0. The van der Waals surface area contributed by atoms with E-state index in [1.165, 1.54) is 6.07 Å². The molecule has 0 bridgehead atoms. The molecule has 1 aromatic carbocycles. The highest BCUT2D eigenvalue weighted by Gasteiger charge is 2.09. The van der Waals surface area contributed by atoms with Crippen LogP contribution >= 0.6 is 15.9 Å². The van der Waals surface area contributed by atoms with Crippen LogP contribution in [-0.2, 0) is 6.54 Å². The number of likely N-dealkylation sites (N-methyl/N-ethyl adjacent to an activating group) is 1. The second-order valence-electron chi connectivity index (χ2n) is 4.82. The summed E-state index contributed by atoms with van der Waals surface area (Å²) in [7, 11) is 4.12. The molecule has 102 valence electrons. The summed E-state index contributed by atoms with van der Waals surface area (Å²) >= 11 is 3.28. The van der Waals surface area contributed by atoms with Crippen LogP contribution in [0.25, 0.3) is 0 Å². The van der Waals surface area contributed by atoms with Crippen LogP contribution in [0.4, 0.5) is 4.39 Å². The molecule has 0 aliphatic carbocycles. The third-order valence-electron chi connectivity index (χ3n) is 2.81. The van der Waals surface area contributed by atoms with Gasteiger partial charge in [-0.3, -0.25) is 4.90 Å². The van der Waals surface area contributed by atoms with Crippen LogP contribution in [-0.4, -0.2) is 43.5 Å². The van der Waals surface area contributed by atoms with E-state index < -0.39 is 0 Å². The summed E-state index contributed by atoms with van der Waals surface area (Å²) in [6.07, 6.45) is 1.09. The molecule has 1 aromatic rings. The van der Waals surface area contributed by atoms with Crippen LogP contribution in [0.1, 0.15) is 18.9 Å². The average Bonchev–Trinajstić information content (AvgIpc) is 2.29. The molecular weight excluding hydrogens is 295 g/mol. The number of rotatable bonds is 7. The fraction of sp³-hybridized carbons (Fsp3) is 0.571. The smallest absolute Gasteiger partial charge is 0.128 e. The van der Waals surface area contributed by atoms with Gasteiger partial charge in [-0.05, 0) is 39.2 Å². The molecule has 0 amide bonds. The predicted octanol–water partition coefficient (Wildman–Crippen LogP) is 3.36. The van der Waals surface area contributed by atoms with Gasteiger partial charge in [0.05, 0.1) is 0 Å². The first-order valence-electron chi connectivity index (χ1n) is 6.34. The molecule has 1 rings (SSSR count). The molecule has 4 heteroatoms. The zero-order valence-electron chi connectivity index (χ0n) is 11.4. The van der Waals surface area contributed by atoms with Crippen LogP contribution in [0.5, 0.6) is 0 Å². The van der Waals surface area contributed by atoms with E-state index in [0.717, 1.165) is 36.1 Å². The number of halogens is 2. The lowest BCUT2D eigenvalue weighted by atomic mass is 10.2. The normalized spacial score (nSPS) is 11.5. The Morgan fingerprint density at radius 2 is 1.89 bits per heavy atom. The predicted molar refractivity (Wildman–Crippen MR) is 78.2 cm³/mol. The highest BCUT2D eigenvalue weighted by atomic mass is 79.9. The van der Waals surface area contributed by atoms with Gasteiger partial charge in [-0.2, -0.15) is 0 Å². The molecule has 0 unspecified atom stereocenters.